The quantitative estimate of drug-likeness (QED) is 0.220. The van der Waals surface area contributed by atoms with Crippen LogP contribution in [0.15, 0.2) is 48.7 Å². The van der Waals surface area contributed by atoms with E-state index in [1.165, 1.54) is 18.2 Å². The summed E-state index contributed by atoms with van der Waals surface area (Å²) >= 11 is 2.16. The van der Waals surface area contributed by atoms with E-state index in [0.717, 1.165) is 9.09 Å². The third-order valence-electron chi connectivity index (χ3n) is 4.92. The Labute approximate surface area is 190 Å². The molecule has 0 aliphatic heterocycles. The summed E-state index contributed by atoms with van der Waals surface area (Å²) in [6.45, 7) is 1.74. The van der Waals surface area contributed by atoms with Gasteiger partial charge in [-0.2, -0.15) is 5.10 Å². The van der Waals surface area contributed by atoms with Crippen molar-refractivity contribution in [1.82, 2.24) is 14.8 Å². The Morgan fingerprint density at radius 3 is 2.65 bits per heavy atom. The molecule has 2 heterocycles. The van der Waals surface area contributed by atoms with E-state index in [1.807, 2.05) is 0 Å². The van der Waals surface area contributed by atoms with Gasteiger partial charge in [-0.15, -0.1) is 0 Å². The maximum atomic E-state index is 13.2. The maximum Gasteiger partial charge on any atom is 0.310 e. The Morgan fingerprint density at radius 2 is 1.97 bits per heavy atom. The molecule has 0 spiro atoms. The van der Waals surface area contributed by atoms with Crippen molar-refractivity contribution in [2.45, 2.75) is 13.0 Å². The molecule has 2 aromatic heterocycles. The number of benzene rings is 2. The van der Waals surface area contributed by atoms with Gasteiger partial charge in [0.1, 0.15) is 23.4 Å². The number of aryl methyl sites for hydroxylation is 1. The van der Waals surface area contributed by atoms with E-state index >= 15 is 0 Å². The fourth-order valence-corrected chi connectivity index (χ4v) is 4.15. The van der Waals surface area contributed by atoms with E-state index < -0.39 is 11.0 Å². The molecule has 0 aliphatic carbocycles. The van der Waals surface area contributed by atoms with Crippen LogP contribution in [0.2, 0.25) is 0 Å². The number of fused-ring (bicyclic) bond motifs is 1. The summed E-state index contributed by atoms with van der Waals surface area (Å²) in [5.74, 6) is 0.0288. The van der Waals surface area contributed by atoms with Gasteiger partial charge in [-0.3, -0.25) is 14.8 Å². The van der Waals surface area contributed by atoms with E-state index in [0.29, 0.717) is 28.0 Å². The van der Waals surface area contributed by atoms with Crippen LogP contribution >= 0.6 is 22.6 Å². The minimum atomic E-state index is -0.539. The average molecular weight is 533 g/mol. The second kappa shape index (κ2) is 8.10. The molecule has 10 heteroatoms. The largest absolute Gasteiger partial charge is 0.479 e. The molecular weight excluding hydrogens is 516 g/mol. The normalized spacial score (nSPS) is 12.1. The summed E-state index contributed by atoms with van der Waals surface area (Å²) < 4.78 is 21.7. The van der Waals surface area contributed by atoms with Crippen LogP contribution in [0.3, 0.4) is 0 Å². The van der Waals surface area contributed by atoms with Gasteiger partial charge in [0.2, 0.25) is 0 Å². The maximum absolute atomic E-state index is 13.2. The van der Waals surface area contributed by atoms with E-state index in [4.69, 9.17) is 10.5 Å². The molecule has 0 aliphatic rings. The molecule has 158 valence electrons. The number of pyridine rings is 1. The number of ether oxygens (including phenoxy) is 1. The van der Waals surface area contributed by atoms with Crippen LogP contribution in [0.4, 0.5) is 15.9 Å². The lowest BCUT2D eigenvalue weighted by molar-refractivity contribution is -0.386. The Bertz CT molecular complexity index is 1310. The molecule has 0 amide bonds. The third kappa shape index (κ3) is 3.90. The molecule has 8 nitrogen and oxygen atoms in total. The van der Waals surface area contributed by atoms with E-state index in [9.17, 15) is 14.5 Å². The lowest BCUT2D eigenvalue weighted by Gasteiger charge is -2.16. The van der Waals surface area contributed by atoms with Gasteiger partial charge >= 0.3 is 5.69 Å². The number of nitrogens with zero attached hydrogens (tertiary/aromatic N) is 4. The number of aromatic nitrogens is 3. The molecule has 2 aromatic carbocycles. The highest BCUT2D eigenvalue weighted by molar-refractivity contribution is 14.1. The number of nitro benzene ring substituents is 1. The van der Waals surface area contributed by atoms with Crippen molar-refractivity contribution >= 4 is 45.0 Å². The van der Waals surface area contributed by atoms with Crippen LogP contribution in [-0.2, 0) is 7.05 Å². The zero-order chi connectivity index (χ0) is 22.3. The predicted molar refractivity (Wildman–Crippen MR) is 123 cm³/mol. The lowest BCUT2D eigenvalue weighted by atomic mass is 10.1. The Hall–Kier alpha value is -3.28. The van der Waals surface area contributed by atoms with Gasteiger partial charge in [0, 0.05) is 24.9 Å². The minimum absolute atomic E-state index is 0.0790. The molecule has 0 fully saturated rings. The summed E-state index contributed by atoms with van der Waals surface area (Å²) in [7, 11) is 1.80. The Morgan fingerprint density at radius 1 is 1.26 bits per heavy atom. The summed E-state index contributed by atoms with van der Waals surface area (Å²) in [6, 6.07) is 10.3. The van der Waals surface area contributed by atoms with Crippen LogP contribution in [0.5, 0.6) is 5.75 Å². The van der Waals surface area contributed by atoms with Gasteiger partial charge in [0.05, 0.1) is 19.4 Å². The van der Waals surface area contributed by atoms with Crippen molar-refractivity contribution in [3.05, 3.63) is 73.7 Å². The molecule has 0 saturated carbocycles. The van der Waals surface area contributed by atoms with Crippen molar-refractivity contribution in [2.75, 3.05) is 5.73 Å². The number of rotatable bonds is 5. The Balaban J connectivity index is 1.81. The van der Waals surface area contributed by atoms with Crippen molar-refractivity contribution in [1.29, 1.82) is 0 Å². The first-order chi connectivity index (χ1) is 14.8. The van der Waals surface area contributed by atoms with Gasteiger partial charge in [0.15, 0.2) is 5.75 Å². The van der Waals surface area contributed by atoms with Crippen molar-refractivity contribution in [3.63, 3.8) is 0 Å². The topological polar surface area (TPSA) is 109 Å². The second-order valence-electron chi connectivity index (χ2n) is 6.94. The first kappa shape index (κ1) is 21.0. The lowest BCUT2D eigenvalue weighted by Crippen LogP contribution is -2.05. The van der Waals surface area contributed by atoms with Crippen LogP contribution in [-0.4, -0.2) is 19.7 Å². The number of nitrogens with two attached hydrogens (primary N) is 1. The van der Waals surface area contributed by atoms with E-state index in [1.54, 1.807) is 49.1 Å². The standard InChI is InChI=1S/C21H17FIN5O3/c1-11(12-3-6-14(22)7-4-12)31-17-9-13(5-8-16(17)28(29)30)19-18-20(27(2)26-19)15(23)10-25-21(18)24/h3-11H,1-2H3,(H2,24,25)/t11-/m0/s1. The van der Waals surface area contributed by atoms with Crippen molar-refractivity contribution < 1.29 is 14.1 Å². The molecule has 31 heavy (non-hydrogen) atoms. The first-order valence-electron chi connectivity index (χ1n) is 9.24. The average Bonchev–Trinajstić information content (AvgIpc) is 3.09. The fourth-order valence-electron chi connectivity index (χ4n) is 3.39. The van der Waals surface area contributed by atoms with Crippen LogP contribution in [0.1, 0.15) is 18.6 Å². The molecule has 4 aromatic rings. The van der Waals surface area contributed by atoms with Gasteiger partial charge in [-0.1, -0.05) is 12.1 Å². The fraction of sp³-hybridized carbons (Fsp3) is 0.143. The van der Waals surface area contributed by atoms with Crippen LogP contribution in [0.25, 0.3) is 22.2 Å². The highest BCUT2D eigenvalue weighted by Crippen LogP contribution is 2.38. The van der Waals surface area contributed by atoms with E-state index in [-0.39, 0.29) is 17.3 Å². The smallest absolute Gasteiger partial charge is 0.310 e. The van der Waals surface area contributed by atoms with Gasteiger partial charge < -0.3 is 10.5 Å². The molecule has 2 N–H and O–H groups in total. The van der Waals surface area contributed by atoms with Crippen LogP contribution < -0.4 is 10.5 Å². The number of nitro groups is 1. The molecule has 4 rings (SSSR count). The number of anilines is 1. The minimum Gasteiger partial charge on any atom is -0.479 e. The summed E-state index contributed by atoms with van der Waals surface area (Å²) in [4.78, 5) is 15.3. The number of nitrogen functional groups attached to an aromatic ring is 1. The number of halogens is 2. The summed E-state index contributed by atoms with van der Waals surface area (Å²) in [5, 5.41) is 16.8. The van der Waals surface area contributed by atoms with Gasteiger partial charge in [-0.05, 0) is 59.3 Å². The zero-order valence-electron chi connectivity index (χ0n) is 16.5. The first-order valence-corrected chi connectivity index (χ1v) is 10.3. The van der Waals surface area contributed by atoms with Crippen molar-refractivity contribution in [3.8, 4) is 17.0 Å². The highest BCUT2D eigenvalue weighted by Gasteiger charge is 2.22. The van der Waals surface area contributed by atoms with Gasteiger partial charge in [-0.25, -0.2) is 9.37 Å². The molecule has 0 unspecified atom stereocenters. The highest BCUT2D eigenvalue weighted by atomic mass is 127. The van der Waals surface area contributed by atoms with Crippen LogP contribution in [0, 0.1) is 19.5 Å². The molecule has 0 saturated heterocycles. The van der Waals surface area contributed by atoms with Gasteiger partial charge in [0.25, 0.3) is 0 Å². The SMILES string of the molecule is C[C@H](Oc1cc(-c2nn(C)c3c(I)cnc(N)c23)ccc1[N+](=O)[O-])c1ccc(F)cc1. The second-order valence-corrected chi connectivity index (χ2v) is 8.10. The third-order valence-corrected chi connectivity index (χ3v) is 5.71. The molecule has 0 radical (unpaired) electrons. The summed E-state index contributed by atoms with van der Waals surface area (Å²) in [6.07, 6.45) is 1.13. The molecule has 1 atom stereocenters. The number of hydrogen-bond donors (Lipinski definition) is 1. The molecular formula is C21H17FIN5O3. The van der Waals surface area contributed by atoms with Crippen molar-refractivity contribution in [2.24, 2.45) is 7.05 Å². The van der Waals surface area contributed by atoms with E-state index in [2.05, 4.69) is 32.7 Å². The number of hydrogen-bond acceptors (Lipinski definition) is 6. The Kier molecular flexibility index (Phi) is 5.48. The molecule has 0 bridgehead atoms. The monoisotopic (exact) mass is 533 g/mol. The predicted octanol–water partition coefficient (Wildman–Crippen LogP) is 5.01. The zero-order valence-corrected chi connectivity index (χ0v) is 18.7. The summed E-state index contributed by atoms with van der Waals surface area (Å²) in [5.41, 5.74) is 8.61.